The maximum Gasteiger partial charge on any atom is 0.339 e. The first-order valence-corrected chi connectivity index (χ1v) is 3.57. The van der Waals surface area contributed by atoms with Gasteiger partial charge in [0, 0.05) is 13.2 Å². The first-order valence-electron chi connectivity index (χ1n) is 3.57. The molecule has 2 aromatic heterocycles. The highest BCUT2D eigenvalue weighted by atomic mass is 16.4. The molecule has 0 aliphatic carbocycles. The van der Waals surface area contributed by atoms with E-state index < -0.39 is 5.97 Å². The second kappa shape index (κ2) is 2.51. The number of fused-ring (bicyclic) bond motifs is 1. The van der Waals surface area contributed by atoms with Crippen LogP contribution in [0.3, 0.4) is 0 Å². The Bertz CT molecular complexity index is 476. The summed E-state index contributed by atoms with van der Waals surface area (Å²) in [6, 6.07) is 0. The molecule has 0 radical (unpaired) electrons. The van der Waals surface area contributed by atoms with Crippen molar-refractivity contribution in [2.45, 2.75) is 0 Å². The minimum Gasteiger partial charge on any atom is -0.478 e. The smallest absolute Gasteiger partial charge is 0.339 e. The summed E-state index contributed by atoms with van der Waals surface area (Å²) in [6.45, 7) is 0. The SMILES string of the molecule is Cn1nnc2cncc(C(=O)O)c21. The van der Waals surface area contributed by atoms with Crippen molar-refractivity contribution in [3.8, 4) is 0 Å². The van der Waals surface area contributed by atoms with Crippen LogP contribution in [0.25, 0.3) is 11.0 Å². The molecule has 0 saturated carbocycles. The van der Waals surface area contributed by atoms with Crippen LogP contribution >= 0.6 is 0 Å². The average molecular weight is 178 g/mol. The third kappa shape index (κ3) is 1.03. The van der Waals surface area contributed by atoms with Crippen molar-refractivity contribution in [1.82, 2.24) is 20.0 Å². The van der Waals surface area contributed by atoms with Crippen molar-refractivity contribution in [1.29, 1.82) is 0 Å². The molecule has 0 saturated heterocycles. The lowest BCUT2D eigenvalue weighted by atomic mass is 10.2. The quantitative estimate of drug-likeness (QED) is 0.667. The molecular formula is C7H6N4O2. The number of rotatable bonds is 1. The average Bonchev–Trinajstić information content (AvgIpc) is 2.48. The van der Waals surface area contributed by atoms with Gasteiger partial charge in [-0.05, 0) is 0 Å². The summed E-state index contributed by atoms with van der Waals surface area (Å²) < 4.78 is 1.42. The third-order valence-corrected chi connectivity index (χ3v) is 1.74. The number of carboxylic acids is 1. The molecule has 66 valence electrons. The minimum atomic E-state index is -1.02. The van der Waals surface area contributed by atoms with Gasteiger partial charge in [0.05, 0.1) is 6.20 Å². The fraction of sp³-hybridized carbons (Fsp3) is 0.143. The van der Waals surface area contributed by atoms with Crippen LogP contribution < -0.4 is 0 Å². The van der Waals surface area contributed by atoms with Crippen molar-refractivity contribution >= 4 is 17.0 Å². The molecule has 2 aromatic rings. The van der Waals surface area contributed by atoms with Crippen LogP contribution in [0, 0.1) is 0 Å². The number of carbonyl (C=O) groups is 1. The Hall–Kier alpha value is -1.98. The first-order chi connectivity index (χ1) is 6.20. The van der Waals surface area contributed by atoms with E-state index in [2.05, 4.69) is 15.3 Å². The number of nitrogens with zero attached hydrogens (tertiary/aromatic N) is 4. The molecule has 6 heteroatoms. The van der Waals surface area contributed by atoms with Gasteiger partial charge in [0.1, 0.15) is 16.6 Å². The highest BCUT2D eigenvalue weighted by Crippen LogP contribution is 2.13. The van der Waals surface area contributed by atoms with Gasteiger partial charge in [0.25, 0.3) is 0 Å². The highest BCUT2D eigenvalue weighted by molar-refractivity contribution is 6.00. The Morgan fingerprint density at radius 2 is 2.31 bits per heavy atom. The molecule has 0 spiro atoms. The maximum atomic E-state index is 10.8. The van der Waals surface area contributed by atoms with Gasteiger partial charge < -0.3 is 5.11 Å². The van der Waals surface area contributed by atoms with Crippen molar-refractivity contribution in [3.63, 3.8) is 0 Å². The van der Waals surface area contributed by atoms with Gasteiger partial charge in [-0.2, -0.15) is 0 Å². The van der Waals surface area contributed by atoms with Crippen LogP contribution in [0.2, 0.25) is 0 Å². The molecule has 0 bridgehead atoms. The van der Waals surface area contributed by atoms with Gasteiger partial charge in [-0.15, -0.1) is 5.10 Å². The molecule has 0 atom stereocenters. The Labute approximate surface area is 72.8 Å². The molecule has 0 aliphatic rings. The van der Waals surface area contributed by atoms with E-state index in [1.54, 1.807) is 7.05 Å². The number of pyridine rings is 1. The predicted molar refractivity (Wildman–Crippen MR) is 43.3 cm³/mol. The lowest BCUT2D eigenvalue weighted by Gasteiger charge is -1.96. The van der Waals surface area contributed by atoms with Gasteiger partial charge in [-0.25, -0.2) is 9.48 Å². The minimum absolute atomic E-state index is 0.116. The Balaban J connectivity index is 2.88. The summed E-state index contributed by atoms with van der Waals surface area (Å²) in [7, 11) is 1.64. The van der Waals surface area contributed by atoms with E-state index in [-0.39, 0.29) is 5.56 Å². The van der Waals surface area contributed by atoms with E-state index in [9.17, 15) is 4.79 Å². The summed E-state index contributed by atoms with van der Waals surface area (Å²) in [5.41, 5.74) is 1.09. The lowest BCUT2D eigenvalue weighted by Crippen LogP contribution is -2.01. The zero-order valence-electron chi connectivity index (χ0n) is 6.80. The van der Waals surface area contributed by atoms with Gasteiger partial charge in [-0.1, -0.05) is 5.21 Å². The second-order valence-corrected chi connectivity index (χ2v) is 2.57. The fourth-order valence-electron chi connectivity index (χ4n) is 1.17. The molecular weight excluding hydrogens is 172 g/mol. The molecule has 2 heterocycles. The summed E-state index contributed by atoms with van der Waals surface area (Å²) >= 11 is 0. The van der Waals surface area contributed by atoms with E-state index in [4.69, 9.17) is 5.11 Å². The second-order valence-electron chi connectivity index (χ2n) is 2.57. The topological polar surface area (TPSA) is 80.9 Å². The van der Waals surface area contributed by atoms with Crippen LogP contribution in [-0.4, -0.2) is 31.1 Å². The zero-order chi connectivity index (χ0) is 9.42. The molecule has 1 N–H and O–H groups in total. The van der Waals surface area contributed by atoms with Crippen molar-refractivity contribution < 1.29 is 9.90 Å². The number of carboxylic acid groups (broad SMARTS) is 1. The molecule has 0 unspecified atom stereocenters. The van der Waals surface area contributed by atoms with E-state index in [0.29, 0.717) is 11.0 Å². The molecule has 13 heavy (non-hydrogen) atoms. The van der Waals surface area contributed by atoms with Crippen molar-refractivity contribution in [2.24, 2.45) is 7.05 Å². The van der Waals surface area contributed by atoms with Crippen LogP contribution in [-0.2, 0) is 7.05 Å². The number of aryl methyl sites for hydroxylation is 1. The highest BCUT2D eigenvalue weighted by Gasteiger charge is 2.12. The zero-order valence-corrected chi connectivity index (χ0v) is 6.80. The molecule has 0 aromatic carbocycles. The Kier molecular flexibility index (Phi) is 1.48. The van der Waals surface area contributed by atoms with Gasteiger partial charge in [0.2, 0.25) is 0 Å². The van der Waals surface area contributed by atoms with Crippen molar-refractivity contribution in [2.75, 3.05) is 0 Å². The van der Waals surface area contributed by atoms with E-state index in [0.717, 1.165) is 0 Å². The molecule has 2 rings (SSSR count). The normalized spacial score (nSPS) is 10.5. The maximum absolute atomic E-state index is 10.8. The molecule has 0 amide bonds. The van der Waals surface area contributed by atoms with Gasteiger partial charge >= 0.3 is 5.97 Å². The number of aromatic nitrogens is 4. The summed E-state index contributed by atoms with van der Waals surface area (Å²) in [5.74, 6) is -1.02. The standard InChI is InChI=1S/C7H6N4O2/c1-11-6-4(7(12)13)2-8-3-5(6)9-10-11/h2-3H,1H3,(H,12,13). The number of aromatic carboxylic acids is 1. The molecule has 0 fully saturated rings. The third-order valence-electron chi connectivity index (χ3n) is 1.74. The van der Waals surface area contributed by atoms with Crippen LogP contribution in [0.15, 0.2) is 12.4 Å². The van der Waals surface area contributed by atoms with E-state index >= 15 is 0 Å². The fourth-order valence-corrected chi connectivity index (χ4v) is 1.17. The van der Waals surface area contributed by atoms with Crippen LogP contribution in [0.5, 0.6) is 0 Å². The van der Waals surface area contributed by atoms with Crippen LogP contribution in [0.4, 0.5) is 0 Å². The van der Waals surface area contributed by atoms with E-state index in [1.165, 1.54) is 17.1 Å². The molecule has 6 nitrogen and oxygen atoms in total. The Morgan fingerprint density at radius 3 is 3.00 bits per heavy atom. The van der Waals surface area contributed by atoms with Gasteiger partial charge in [0.15, 0.2) is 0 Å². The monoisotopic (exact) mass is 178 g/mol. The largest absolute Gasteiger partial charge is 0.478 e. The first kappa shape index (κ1) is 7.66. The summed E-state index contributed by atoms with van der Waals surface area (Å²) in [6.07, 6.45) is 2.77. The Morgan fingerprint density at radius 1 is 1.54 bits per heavy atom. The van der Waals surface area contributed by atoms with Gasteiger partial charge in [-0.3, -0.25) is 4.98 Å². The van der Waals surface area contributed by atoms with E-state index in [1.807, 2.05) is 0 Å². The van der Waals surface area contributed by atoms with Crippen molar-refractivity contribution in [3.05, 3.63) is 18.0 Å². The summed E-state index contributed by atoms with van der Waals surface area (Å²) in [5, 5.41) is 16.3. The molecule has 0 aliphatic heterocycles. The predicted octanol–water partition coefficient (Wildman–Crippen LogP) is 0.0615. The van der Waals surface area contributed by atoms with Crippen LogP contribution in [0.1, 0.15) is 10.4 Å². The number of hydrogen-bond donors (Lipinski definition) is 1. The summed E-state index contributed by atoms with van der Waals surface area (Å²) in [4.78, 5) is 14.5. The lowest BCUT2D eigenvalue weighted by molar-refractivity contribution is 0.0698. The number of hydrogen-bond acceptors (Lipinski definition) is 4.